The molecule has 0 bridgehead atoms. The maximum Gasteiger partial charge on any atom is 0.307 e. The molecule has 1 fully saturated rings. The van der Waals surface area contributed by atoms with Crippen LogP contribution in [-0.2, 0) is 14.8 Å². The van der Waals surface area contributed by atoms with E-state index in [-0.39, 0.29) is 18.0 Å². The minimum absolute atomic E-state index is 0.0291. The average Bonchev–Trinajstić information content (AvgIpc) is 2.85. The van der Waals surface area contributed by atoms with Crippen molar-refractivity contribution < 1.29 is 22.7 Å². The van der Waals surface area contributed by atoms with Crippen LogP contribution in [0.25, 0.3) is 0 Å². The van der Waals surface area contributed by atoms with Crippen molar-refractivity contribution in [1.82, 2.24) is 4.31 Å². The molecule has 1 N–H and O–H groups in total. The molecule has 0 saturated carbocycles. The molecule has 1 aliphatic rings. The molecule has 0 aromatic carbocycles. The van der Waals surface area contributed by atoms with Gasteiger partial charge in [-0.05, 0) is 26.3 Å². The zero-order valence-electron chi connectivity index (χ0n) is 10.2. The highest BCUT2D eigenvalue weighted by Gasteiger charge is 2.37. The third kappa shape index (κ3) is 2.15. The first kappa shape index (κ1) is 13.1. The lowest BCUT2D eigenvalue weighted by Gasteiger charge is -2.14. The molecule has 1 unspecified atom stereocenters. The molecule has 0 aliphatic carbocycles. The summed E-state index contributed by atoms with van der Waals surface area (Å²) >= 11 is 0. The monoisotopic (exact) mass is 273 g/mol. The Bertz CT molecular complexity index is 574. The second-order valence-corrected chi connectivity index (χ2v) is 6.37. The van der Waals surface area contributed by atoms with Gasteiger partial charge in [0.15, 0.2) is 0 Å². The lowest BCUT2D eigenvalue weighted by atomic mass is 10.1. The maximum absolute atomic E-state index is 12.3. The normalized spacial score (nSPS) is 21.3. The number of aryl methyl sites for hydroxylation is 2. The number of rotatable bonds is 3. The van der Waals surface area contributed by atoms with Crippen LogP contribution < -0.4 is 0 Å². The molecule has 100 valence electrons. The van der Waals surface area contributed by atoms with Gasteiger partial charge in [0.1, 0.15) is 16.4 Å². The zero-order valence-corrected chi connectivity index (χ0v) is 11.0. The molecule has 1 atom stereocenters. The molecule has 1 saturated heterocycles. The summed E-state index contributed by atoms with van der Waals surface area (Å²) < 4.78 is 31.0. The molecule has 1 aromatic heterocycles. The number of carboxylic acids is 1. The van der Waals surface area contributed by atoms with Gasteiger partial charge in [0.25, 0.3) is 0 Å². The summed E-state index contributed by atoms with van der Waals surface area (Å²) in [6.45, 7) is 3.53. The first-order valence-electron chi connectivity index (χ1n) is 5.62. The molecule has 6 nitrogen and oxygen atoms in total. The van der Waals surface area contributed by atoms with E-state index in [1.807, 2.05) is 0 Å². The summed E-state index contributed by atoms with van der Waals surface area (Å²) in [6, 6.07) is 1.47. The van der Waals surface area contributed by atoms with Crippen LogP contribution in [0.4, 0.5) is 0 Å². The van der Waals surface area contributed by atoms with Crippen molar-refractivity contribution in [2.24, 2.45) is 5.92 Å². The van der Waals surface area contributed by atoms with Crippen LogP contribution >= 0.6 is 0 Å². The SMILES string of the molecule is Cc1cc(S(=O)(=O)N2CCC(C(=O)O)C2)c(C)o1. The van der Waals surface area contributed by atoms with Crippen molar-refractivity contribution in [2.75, 3.05) is 13.1 Å². The molecule has 0 radical (unpaired) electrons. The highest BCUT2D eigenvalue weighted by Crippen LogP contribution is 2.28. The Kier molecular flexibility index (Phi) is 3.20. The lowest BCUT2D eigenvalue weighted by Crippen LogP contribution is -2.30. The van der Waals surface area contributed by atoms with E-state index in [0.717, 1.165) is 0 Å². The summed E-state index contributed by atoms with van der Waals surface area (Å²) in [5.74, 6) is -0.702. The van der Waals surface area contributed by atoms with Crippen LogP contribution in [-0.4, -0.2) is 36.9 Å². The summed E-state index contributed by atoms with van der Waals surface area (Å²) in [6.07, 6.45) is 0.352. The Morgan fingerprint density at radius 3 is 2.61 bits per heavy atom. The Balaban J connectivity index is 2.28. The van der Waals surface area contributed by atoms with E-state index < -0.39 is 21.9 Å². The summed E-state index contributed by atoms with van der Waals surface area (Å²) in [5, 5.41) is 8.89. The number of hydrogen-bond acceptors (Lipinski definition) is 4. The van der Waals surface area contributed by atoms with E-state index in [1.165, 1.54) is 10.4 Å². The van der Waals surface area contributed by atoms with Gasteiger partial charge in [-0.25, -0.2) is 8.42 Å². The van der Waals surface area contributed by atoms with E-state index in [1.54, 1.807) is 13.8 Å². The van der Waals surface area contributed by atoms with Gasteiger partial charge in [-0.2, -0.15) is 4.31 Å². The third-order valence-corrected chi connectivity index (χ3v) is 5.09. The number of furan rings is 1. The van der Waals surface area contributed by atoms with Gasteiger partial charge in [0, 0.05) is 13.1 Å². The van der Waals surface area contributed by atoms with Gasteiger partial charge >= 0.3 is 5.97 Å². The Hall–Kier alpha value is -1.34. The Morgan fingerprint density at radius 1 is 1.50 bits per heavy atom. The molecule has 2 heterocycles. The maximum atomic E-state index is 12.3. The first-order valence-corrected chi connectivity index (χ1v) is 7.06. The Labute approximate surface area is 105 Å². The molecule has 2 rings (SSSR count). The molecule has 1 aliphatic heterocycles. The summed E-state index contributed by atoms with van der Waals surface area (Å²) in [4.78, 5) is 11.0. The quantitative estimate of drug-likeness (QED) is 0.887. The second-order valence-electron chi connectivity index (χ2n) is 4.46. The molecule has 18 heavy (non-hydrogen) atoms. The molecule has 0 spiro atoms. The number of nitrogens with zero attached hydrogens (tertiary/aromatic N) is 1. The van der Waals surface area contributed by atoms with Crippen molar-refractivity contribution in [3.05, 3.63) is 17.6 Å². The second kappa shape index (κ2) is 4.40. The predicted octanol–water partition coefficient (Wildman–Crippen LogP) is 0.992. The highest BCUT2D eigenvalue weighted by atomic mass is 32.2. The zero-order chi connectivity index (χ0) is 13.5. The molecule has 1 aromatic rings. The highest BCUT2D eigenvalue weighted by molar-refractivity contribution is 7.89. The first-order chi connectivity index (χ1) is 8.32. The minimum atomic E-state index is -3.64. The predicted molar refractivity (Wildman–Crippen MR) is 62.7 cm³/mol. The average molecular weight is 273 g/mol. The fourth-order valence-corrected chi connectivity index (χ4v) is 3.87. The summed E-state index contributed by atoms with van der Waals surface area (Å²) in [7, 11) is -3.64. The van der Waals surface area contributed by atoms with Gasteiger partial charge in [-0.1, -0.05) is 0 Å². The molecular weight excluding hydrogens is 258 g/mol. The van der Waals surface area contributed by atoms with E-state index in [0.29, 0.717) is 17.9 Å². The molecular formula is C11H15NO5S. The molecule has 0 amide bonds. The van der Waals surface area contributed by atoms with Gasteiger partial charge in [0.2, 0.25) is 10.0 Å². The van der Waals surface area contributed by atoms with Gasteiger partial charge in [-0.3, -0.25) is 4.79 Å². The molecule has 7 heteroatoms. The topological polar surface area (TPSA) is 87.8 Å². The number of hydrogen-bond donors (Lipinski definition) is 1. The van der Waals surface area contributed by atoms with Crippen LogP contribution in [0.2, 0.25) is 0 Å². The van der Waals surface area contributed by atoms with Gasteiger partial charge in [0.05, 0.1) is 5.92 Å². The van der Waals surface area contributed by atoms with Crippen LogP contribution in [0.15, 0.2) is 15.4 Å². The largest absolute Gasteiger partial charge is 0.481 e. The van der Waals surface area contributed by atoms with E-state index in [2.05, 4.69) is 0 Å². The summed E-state index contributed by atoms with van der Waals surface area (Å²) in [5.41, 5.74) is 0. The van der Waals surface area contributed by atoms with E-state index in [4.69, 9.17) is 9.52 Å². The van der Waals surface area contributed by atoms with Crippen LogP contribution in [0, 0.1) is 19.8 Å². The van der Waals surface area contributed by atoms with Gasteiger partial charge in [-0.15, -0.1) is 0 Å². The fraction of sp³-hybridized carbons (Fsp3) is 0.545. The number of sulfonamides is 1. The van der Waals surface area contributed by atoms with Gasteiger partial charge < -0.3 is 9.52 Å². The standard InChI is InChI=1S/C11H15NO5S/c1-7-5-10(8(2)17-7)18(15,16)12-4-3-9(6-12)11(13)14/h5,9H,3-4,6H2,1-2H3,(H,13,14). The van der Waals surface area contributed by atoms with Crippen molar-refractivity contribution in [3.63, 3.8) is 0 Å². The minimum Gasteiger partial charge on any atom is -0.481 e. The Morgan fingerprint density at radius 2 is 2.17 bits per heavy atom. The van der Waals surface area contributed by atoms with E-state index >= 15 is 0 Å². The van der Waals surface area contributed by atoms with E-state index in [9.17, 15) is 13.2 Å². The number of carboxylic acid groups (broad SMARTS) is 1. The third-order valence-electron chi connectivity index (χ3n) is 3.11. The fourth-order valence-electron chi connectivity index (χ4n) is 2.15. The van der Waals surface area contributed by atoms with Crippen molar-refractivity contribution in [1.29, 1.82) is 0 Å². The smallest absolute Gasteiger partial charge is 0.307 e. The van der Waals surface area contributed by atoms with Crippen molar-refractivity contribution >= 4 is 16.0 Å². The van der Waals surface area contributed by atoms with Crippen molar-refractivity contribution in [3.8, 4) is 0 Å². The number of aliphatic carboxylic acids is 1. The van der Waals surface area contributed by atoms with Crippen molar-refractivity contribution in [2.45, 2.75) is 25.2 Å². The van der Waals surface area contributed by atoms with Crippen LogP contribution in [0.3, 0.4) is 0 Å². The van der Waals surface area contributed by atoms with Crippen LogP contribution in [0.1, 0.15) is 17.9 Å². The van der Waals surface area contributed by atoms with Crippen LogP contribution in [0.5, 0.6) is 0 Å². The lowest BCUT2D eigenvalue weighted by molar-refractivity contribution is -0.141. The number of carbonyl (C=O) groups is 1.